The summed E-state index contributed by atoms with van der Waals surface area (Å²) in [4.78, 5) is 14.1. The summed E-state index contributed by atoms with van der Waals surface area (Å²) in [6, 6.07) is 7.34. The van der Waals surface area contributed by atoms with Crippen molar-refractivity contribution in [3.8, 4) is 5.75 Å². The maximum atomic E-state index is 11.5. The van der Waals surface area contributed by atoms with Crippen molar-refractivity contribution in [3.63, 3.8) is 0 Å². The highest BCUT2D eigenvalue weighted by Gasteiger charge is 2.03. The van der Waals surface area contributed by atoms with Gasteiger partial charge in [0.1, 0.15) is 12.4 Å². The molecule has 3 heteroatoms. The molecule has 0 unspecified atom stereocenters. The number of nitrogens with one attached hydrogen (secondary N) is 1. The van der Waals surface area contributed by atoms with Crippen molar-refractivity contribution in [1.82, 2.24) is 4.98 Å². The topological polar surface area (TPSA) is 42.1 Å². The van der Waals surface area contributed by atoms with Gasteiger partial charge in [0, 0.05) is 11.6 Å². The third-order valence-corrected chi connectivity index (χ3v) is 2.13. The van der Waals surface area contributed by atoms with E-state index in [1.165, 1.54) is 0 Å². The molecule has 2 aromatic rings. The molecule has 0 bridgehead atoms. The van der Waals surface area contributed by atoms with Crippen LogP contribution in [0.25, 0.3) is 10.8 Å². The fourth-order valence-corrected chi connectivity index (χ4v) is 1.45. The minimum atomic E-state index is -0.100. The smallest absolute Gasteiger partial charge is 0.256 e. The monoisotopic (exact) mass is 201 g/mol. The SMILES string of the molecule is C=CCOc1c[nH]c(=O)c2ccccc12. The molecule has 0 aliphatic rings. The van der Waals surface area contributed by atoms with Crippen molar-refractivity contribution in [2.45, 2.75) is 0 Å². The molecule has 1 N–H and O–H groups in total. The average Bonchev–Trinajstić information content (AvgIpc) is 2.29. The van der Waals surface area contributed by atoms with Gasteiger partial charge in [0.15, 0.2) is 0 Å². The molecule has 0 atom stereocenters. The lowest BCUT2D eigenvalue weighted by Crippen LogP contribution is -2.06. The van der Waals surface area contributed by atoms with Gasteiger partial charge >= 0.3 is 0 Å². The van der Waals surface area contributed by atoms with Gasteiger partial charge in [-0.15, -0.1) is 0 Å². The first kappa shape index (κ1) is 9.52. The van der Waals surface area contributed by atoms with E-state index in [0.29, 0.717) is 17.7 Å². The Labute approximate surface area is 87.0 Å². The van der Waals surface area contributed by atoms with Crippen molar-refractivity contribution in [1.29, 1.82) is 0 Å². The largest absolute Gasteiger partial charge is 0.487 e. The van der Waals surface area contributed by atoms with Crippen molar-refractivity contribution >= 4 is 10.8 Å². The van der Waals surface area contributed by atoms with Gasteiger partial charge in [-0.25, -0.2) is 0 Å². The second-order valence-corrected chi connectivity index (χ2v) is 3.13. The van der Waals surface area contributed by atoms with E-state index < -0.39 is 0 Å². The van der Waals surface area contributed by atoms with Gasteiger partial charge < -0.3 is 9.72 Å². The summed E-state index contributed by atoms with van der Waals surface area (Å²) < 4.78 is 5.44. The van der Waals surface area contributed by atoms with E-state index in [1.54, 1.807) is 18.3 Å². The lowest BCUT2D eigenvalue weighted by atomic mass is 10.1. The molecule has 0 amide bonds. The summed E-state index contributed by atoms with van der Waals surface area (Å²) in [5, 5.41) is 1.46. The van der Waals surface area contributed by atoms with Crippen LogP contribution < -0.4 is 10.3 Å². The zero-order valence-corrected chi connectivity index (χ0v) is 8.19. The molecule has 0 aliphatic heterocycles. The Morgan fingerprint density at radius 3 is 2.80 bits per heavy atom. The number of hydrogen-bond acceptors (Lipinski definition) is 2. The molecule has 3 nitrogen and oxygen atoms in total. The van der Waals surface area contributed by atoms with Crippen LogP contribution in [0, 0.1) is 0 Å². The molecular weight excluding hydrogens is 190 g/mol. The maximum Gasteiger partial charge on any atom is 0.256 e. The Hall–Kier alpha value is -2.03. The average molecular weight is 201 g/mol. The zero-order chi connectivity index (χ0) is 10.7. The minimum Gasteiger partial charge on any atom is -0.487 e. The van der Waals surface area contributed by atoms with Gasteiger partial charge in [0.05, 0.1) is 5.39 Å². The van der Waals surface area contributed by atoms with Gasteiger partial charge in [0.2, 0.25) is 0 Å². The molecule has 0 saturated heterocycles. The molecule has 15 heavy (non-hydrogen) atoms. The standard InChI is InChI=1S/C12H11NO2/c1-2-7-15-11-8-13-12(14)10-6-4-3-5-9(10)11/h2-6,8H,1,7H2,(H,13,14). The van der Waals surface area contributed by atoms with E-state index in [0.717, 1.165) is 5.39 Å². The molecule has 1 heterocycles. The summed E-state index contributed by atoms with van der Waals surface area (Å²) >= 11 is 0. The van der Waals surface area contributed by atoms with Gasteiger partial charge in [-0.05, 0) is 6.07 Å². The number of hydrogen-bond donors (Lipinski definition) is 1. The van der Waals surface area contributed by atoms with Crippen molar-refractivity contribution in [2.75, 3.05) is 6.61 Å². The lowest BCUT2D eigenvalue weighted by molar-refractivity contribution is 0.366. The van der Waals surface area contributed by atoms with Crippen molar-refractivity contribution in [3.05, 3.63) is 53.5 Å². The van der Waals surface area contributed by atoms with Crippen LogP contribution in [0.4, 0.5) is 0 Å². The molecule has 1 aromatic carbocycles. The van der Waals surface area contributed by atoms with E-state index in [9.17, 15) is 4.79 Å². The summed E-state index contributed by atoms with van der Waals surface area (Å²) in [6.45, 7) is 4.00. The Morgan fingerprint density at radius 1 is 1.33 bits per heavy atom. The Balaban J connectivity index is 2.61. The van der Waals surface area contributed by atoms with Gasteiger partial charge in [-0.1, -0.05) is 30.9 Å². The number of H-pyrrole nitrogens is 1. The molecule has 2 rings (SSSR count). The summed E-state index contributed by atoms with van der Waals surface area (Å²) in [6.07, 6.45) is 3.24. The maximum absolute atomic E-state index is 11.5. The molecule has 0 saturated carbocycles. The summed E-state index contributed by atoms with van der Waals surface area (Å²) in [7, 11) is 0. The third kappa shape index (κ3) is 1.76. The molecular formula is C12H11NO2. The first-order chi connectivity index (χ1) is 7.33. The summed E-state index contributed by atoms with van der Waals surface area (Å²) in [5.74, 6) is 0.671. The number of rotatable bonds is 3. The normalized spacial score (nSPS) is 10.1. The predicted octanol–water partition coefficient (Wildman–Crippen LogP) is 2.09. The summed E-state index contributed by atoms with van der Waals surface area (Å²) in [5.41, 5.74) is -0.100. The lowest BCUT2D eigenvalue weighted by Gasteiger charge is -2.06. The molecule has 0 fully saturated rings. The fraction of sp³-hybridized carbons (Fsp3) is 0.0833. The molecule has 76 valence electrons. The van der Waals surface area contributed by atoms with E-state index in [4.69, 9.17) is 4.74 Å². The Kier molecular flexibility index (Phi) is 2.54. The van der Waals surface area contributed by atoms with E-state index in [-0.39, 0.29) is 5.56 Å². The highest BCUT2D eigenvalue weighted by Crippen LogP contribution is 2.21. The number of aromatic nitrogens is 1. The first-order valence-electron chi connectivity index (χ1n) is 4.67. The highest BCUT2D eigenvalue weighted by molar-refractivity contribution is 5.86. The van der Waals surface area contributed by atoms with Gasteiger partial charge in [0.25, 0.3) is 5.56 Å². The third-order valence-electron chi connectivity index (χ3n) is 2.13. The second kappa shape index (κ2) is 4.00. The molecule has 0 spiro atoms. The van der Waals surface area contributed by atoms with Crippen molar-refractivity contribution < 1.29 is 4.74 Å². The van der Waals surface area contributed by atoms with Crippen LogP contribution >= 0.6 is 0 Å². The fourth-order valence-electron chi connectivity index (χ4n) is 1.45. The number of ether oxygens (including phenoxy) is 1. The minimum absolute atomic E-state index is 0.100. The van der Waals surface area contributed by atoms with E-state index in [2.05, 4.69) is 11.6 Å². The van der Waals surface area contributed by atoms with Crippen LogP contribution in [0.2, 0.25) is 0 Å². The van der Waals surface area contributed by atoms with Crippen LogP contribution in [-0.2, 0) is 0 Å². The van der Waals surface area contributed by atoms with Crippen molar-refractivity contribution in [2.24, 2.45) is 0 Å². The van der Waals surface area contributed by atoms with Gasteiger partial charge in [-0.3, -0.25) is 4.79 Å². The van der Waals surface area contributed by atoms with E-state index >= 15 is 0 Å². The first-order valence-corrected chi connectivity index (χ1v) is 4.67. The van der Waals surface area contributed by atoms with Crippen LogP contribution in [0.15, 0.2) is 47.9 Å². The van der Waals surface area contributed by atoms with E-state index in [1.807, 2.05) is 18.2 Å². The van der Waals surface area contributed by atoms with Crippen LogP contribution in [0.3, 0.4) is 0 Å². The number of benzene rings is 1. The zero-order valence-electron chi connectivity index (χ0n) is 8.19. The van der Waals surface area contributed by atoms with Crippen LogP contribution in [0.5, 0.6) is 5.75 Å². The molecule has 1 aromatic heterocycles. The predicted molar refractivity (Wildman–Crippen MR) is 60.3 cm³/mol. The number of pyridine rings is 1. The number of fused-ring (bicyclic) bond motifs is 1. The number of aromatic amines is 1. The Bertz CT molecular complexity index is 543. The highest BCUT2D eigenvalue weighted by atomic mass is 16.5. The van der Waals surface area contributed by atoms with Gasteiger partial charge in [-0.2, -0.15) is 0 Å². The van der Waals surface area contributed by atoms with Crippen LogP contribution in [-0.4, -0.2) is 11.6 Å². The molecule has 0 aliphatic carbocycles. The van der Waals surface area contributed by atoms with Crippen LogP contribution in [0.1, 0.15) is 0 Å². The Morgan fingerprint density at radius 2 is 2.07 bits per heavy atom. The molecule has 0 radical (unpaired) electrons. The second-order valence-electron chi connectivity index (χ2n) is 3.13. The quantitative estimate of drug-likeness (QED) is 0.772.